The summed E-state index contributed by atoms with van der Waals surface area (Å²) in [5.41, 5.74) is 6.88. The summed E-state index contributed by atoms with van der Waals surface area (Å²) in [4.78, 5) is 23.0. The van der Waals surface area contributed by atoms with E-state index < -0.39 is 0 Å². The third-order valence-corrected chi connectivity index (χ3v) is 6.83. The minimum atomic E-state index is -0.338. The smallest absolute Gasteiger partial charge is 0.350 e. The monoisotopic (exact) mass is 443 g/mol. The second-order valence-electron chi connectivity index (χ2n) is 7.95. The van der Waals surface area contributed by atoms with E-state index in [1.165, 1.54) is 35.3 Å². The van der Waals surface area contributed by atoms with E-state index in [4.69, 9.17) is 14.7 Å². The number of nitrogens with zero attached hydrogens (tertiary/aromatic N) is 3. The average molecular weight is 444 g/mol. The molecule has 1 aliphatic rings. The van der Waals surface area contributed by atoms with E-state index >= 15 is 0 Å². The molecule has 0 amide bonds. The number of pyridine rings is 1. The molecule has 1 aromatic carbocycles. The fourth-order valence-electron chi connectivity index (χ4n) is 4.26. The molecule has 0 fully saturated rings. The molecule has 5 nitrogen and oxygen atoms in total. The molecule has 0 aliphatic heterocycles. The minimum Gasteiger partial charge on any atom is -0.462 e. The van der Waals surface area contributed by atoms with Gasteiger partial charge in [-0.05, 0) is 62.8 Å². The van der Waals surface area contributed by atoms with Crippen LogP contribution in [0, 0.1) is 6.92 Å². The molecule has 0 bridgehead atoms. The summed E-state index contributed by atoms with van der Waals surface area (Å²) in [6.45, 7) is 4.14. The summed E-state index contributed by atoms with van der Waals surface area (Å²) in [5.74, 6) is -0.338. The molecule has 1 aliphatic carbocycles. The Morgan fingerprint density at radius 3 is 2.69 bits per heavy atom. The Morgan fingerprint density at radius 1 is 1.09 bits per heavy atom. The Hall–Kier alpha value is -3.25. The van der Waals surface area contributed by atoms with Crippen LogP contribution in [-0.4, -0.2) is 26.9 Å². The first-order valence-electron chi connectivity index (χ1n) is 11.1. The molecule has 6 heteroatoms. The molecule has 32 heavy (non-hydrogen) atoms. The minimum absolute atomic E-state index is 0.327. The lowest BCUT2D eigenvalue weighted by Crippen LogP contribution is -2.03. The van der Waals surface area contributed by atoms with Gasteiger partial charge in [0.05, 0.1) is 18.0 Å². The van der Waals surface area contributed by atoms with Gasteiger partial charge in [0.2, 0.25) is 0 Å². The first-order chi connectivity index (χ1) is 15.7. The number of hydrogen-bond donors (Lipinski definition) is 0. The molecule has 4 aromatic rings. The fourth-order valence-corrected chi connectivity index (χ4v) is 5.33. The van der Waals surface area contributed by atoms with Crippen LogP contribution in [0.3, 0.4) is 0 Å². The van der Waals surface area contributed by atoms with Gasteiger partial charge in [0, 0.05) is 11.8 Å². The van der Waals surface area contributed by atoms with Crippen LogP contribution in [-0.2, 0) is 4.74 Å². The molecule has 0 saturated heterocycles. The summed E-state index contributed by atoms with van der Waals surface area (Å²) >= 11 is 1.37. The fraction of sp³-hybridized carbons (Fsp3) is 0.269. The van der Waals surface area contributed by atoms with Crippen molar-refractivity contribution in [1.82, 2.24) is 14.4 Å². The molecule has 0 saturated carbocycles. The Bertz CT molecular complexity index is 1320. The Balaban J connectivity index is 1.67. The number of allylic oxidation sites excluding steroid dienone is 2. The first kappa shape index (κ1) is 20.6. The summed E-state index contributed by atoms with van der Waals surface area (Å²) in [5, 5.41) is 0.770. The lowest BCUT2D eigenvalue weighted by molar-refractivity contribution is 0.0532. The molecular formula is C26H25N3O2S. The van der Waals surface area contributed by atoms with Gasteiger partial charge >= 0.3 is 5.97 Å². The maximum atomic E-state index is 12.7. The number of benzene rings is 1. The van der Waals surface area contributed by atoms with Gasteiger partial charge in [0.25, 0.3) is 0 Å². The predicted octanol–water partition coefficient (Wildman–Crippen LogP) is 6.57. The normalized spacial score (nSPS) is 13.9. The number of aromatic nitrogens is 3. The number of hydrogen-bond acceptors (Lipinski definition) is 5. The molecular weight excluding hydrogens is 418 g/mol. The third kappa shape index (κ3) is 3.75. The van der Waals surface area contributed by atoms with Crippen molar-refractivity contribution >= 4 is 28.5 Å². The number of carbonyl (C=O) groups is 1. The van der Waals surface area contributed by atoms with Crippen molar-refractivity contribution in [2.75, 3.05) is 6.61 Å². The van der Waals surface area contributed by atoms with Gasteiger partial charge in [-0.25, -0.2) is 14.8 Å². The van der Waals surface area contributed by atoms with Crippen LogP contribution in [0.2, 0.25) is 0 Å². The lowest BCUT2D eigenvalue weighted by Gasteiger charge is -2.13. The lowest BCUT2D eigenvalue weighted by atomic mass is 9.95. The number of aryl methyl sites for hydroxylation is 1. The highest BCUT2D eigenvalue weighted by molar-refractivity contribution is 7.17. The van der Waals surface area contributed by atoms with Gasteiger partial charge in [-0.15, -0.1) is 11.3 Å². The highest BCUT2D eigenvalue weighted by Gasteiger charge is 2.24. The number of ether oxygens (including phenoxy) is 1. The molecule has 0 spiro atoms. The zero-order chi connectivity index (χ0) is 22.1. The maximum absolute atomic E-state index is 12.7. The standard InChI is InChI=1S/C26H25N3O2S/c1-3-31-26(30)24-22(19-12-8-5-9-13-19)28-25(32-24)23-17(2)27-21-15-14-20(16-29(21)23)18-10-6-4-7-11-18/h5,8-10,12-16H,3-4,6-7,11H2,1-2H3. The molecule has 3 aromatic heterocycles. The summed E-state index contributed by atoms with van der Waals surface area (Å²) < 4.78 is 7.45. The first-order valence-corrected chi connectivity index (χ1v) is 11.9. The quantitative estimate of drug-likeness (QED) is 0.328. The second kappa shape index (κ2) is 8.71. The van der Waals surface area contributed by atoms with E-state index in [0.717, 1.165) is 40.4 Å². The highest BCUT2D eigenvalue weighted by atomic mass is 32.1. The van der Waals surface area contributed by atoms with E-state index in [-0.39, 0.29) is 5.97 Å². The van der Waals surface area contributed by atoms with Gasteiger partial charge in [-0.2, -0.15) is 0 Å². The molecule has 3 heterocycles. The Labute approximate surface area is 191 Å². The topological polar surface area (TPSA) is 56.5 Å². The van der Waals surface area contributed by atoms with E-state index in [1.54, 1.807) is 0 Å². The van der Waals surface area contributed by atoms with Gasteiger partial charge in [-0.1, -0.05) is 36.4 Å². The van der Waals surface area contributed by atoms with Gasteiger partial charge in [0.1, 0.15) is 21.2 Å². The van der Waals surface area contributed by atoms with Crippen molar-refractivity contribution in [2.24, 2.45) is 0 Å². The van der Waals surface area contributed by atoms with Crippen molar-refractivity contribution in [2.45, 2.75) is 39.5 Å². The van der Waals surface area contributed by atoms with E-state index in [9.17, 15) is 4.79 Å². The Morgan fingerprint density at radius 2 is 1.94 bits per heavy atom. The van der Waals surface area contributed by atoms with Crippen molar-refractivity contribution in [3.8, 4) is 22.0 Å². The van der Waals surface area contributed by atoms with Crippen LogP contribution >= 0.6 is 11.3 Å². The van der Waals surface area contributed by atoms with Gasteiger partial charge < -0.3 is 4.74 Å². The third-order valence-electron chi connectivity index (χ3n) is 5.79. The van der Waals surface area contributed by atoms with Crippen LogP contribution in [0.4, 0.5) is 0 Å². The highest BCUT2D eigenvalue weighted by Crippen LogP contribution is 2.37. The number of imidazole rings is 1. The Kier molecular flexibility index (Phi) is 5.62. The SMILES string of the molecule is CCOC(=O)c1sc(-c2c(C)nc3ccc(C4=CCCCC4)cn23)nc1-c1ccccc1. The largest absolute Gasteiger partial charge is 0.462 e. The number of thiazole rings is 1. The summed E-state index contributed by atoms with van der Waals surface area (Å²) in [6, 6.07) is 14.0. The van der Waals surface area contributed by atoms with Crippen LogP contribution in [0.15, 0.2) is 54.7 Å². The summed E-state index contributed by atoms with van der Waals surface area (Å²) in [7, 11) is 0. The van der Waals surface area contributed by atoms with E-state index in [0.29, 0.717) is 17.2 Å². The number of rotatable bonds is 5. The molecule has 0 N–H and O–H groups in total. The molecule has 162 valence electrons. The average Bonchev–Trinajstić information content (AvgIpc) is 3.40. The number of carbonyl (C=O) groups excluding carboxylic acids is 1. The number of esters is 1. The molecule has 0 unspecified atom stereocenters. The van der Waals surface area contributed by atoms with E-state index in [2.05, 4.69) is 28.8 Å². The van der Waals surface area contributed by atoms with Crippen molar-refractivity contribution < 1.29 is 9.53 Å². The van der Waals surface area contributed by atoms with Crippen LogP contribution in [0.5, 0.6) is 0 Å². The zero-order valence-electron chi connectivity index (χ0n) is 18.3. The van der Waals surface area contributed by atoms with Gasteiger partial charge in [-0.3, -0.25) is 4.40 Å². The van der Waals surface area contributed by atoms with Crippen LogP contribution in [0.1, 0.15) is 53.5 Å². The van der Waals surface area contributed by atoms with Crippen LogP contribution in [0.25, 0.3) is 33.2 Å². The van der Waals surface area contributed by atoms with Gasteiger partial charge in [0.15, 0.2) is 0 Å². The molecule has 0 atom stereocenters. The second-order valence-corrected chi connectivity index (χ2v) is 8.95. The molecule has 5 rings (SSSR count). The zero-order valence-corrected chi connectivity index (χ0v) is 19.1. The maximum Gasteiger partial charge on any atom is 0.350 e. The van der Waals surface area contributed by atoms with E-state index in [1.807, 2.05) is 44.2 Å². The number of fused-ring (bicyclic) bond motifs is 1. The van der Waals surface area contributed by atoms with Crippen molar-refractivity contribution in [3.63, 3.8) is 0 Å². The predicted molar refractivity (Wildman–Crippen MR) is 129 cm³/mol. The van der Waals surface area contributed by atoms with Crippen molar-refractivity contribution in [1.29, 1.82) is 0 Å². The van der Waals surface area contributed by atoms with Crippen LogP contribution < -0.4 is 0 Å². The van der Waals surface area contributed by atoms with Crippen molar-refractivity contribution in [3.05, 3.63) is 70.9 Å². The summed E-state index contributed by atoms with van der Waals surface area (Å²) in [6.07, 6.45) is 9.25. The molecule has 0 radical (unpaired) electrons.